The van der Waals surface area contributed by atoms with Gasteiger partial charge in [-0.3, -0.25) is 0 Å². The van der Waals surface area contributed by atoms with Crippen molar-refractivity contribution < 1.29 is 5.11 Å². The molecule has 0 saturated heterocycles. The van der Waals surface area contributed by atoms with Crippen molar-refractivity contribution in [1.29, 1.82) is 21.0 Å². The van der Waals surface area contributed by atoms with Crippen LogP contribution in [0.3, 0.4) is 0 Å². The van der Waals surface area contributed by atoms with E-state index in [0.29, 0.717) is 30.0 Å². The Bertz CT molecular complexity index is 1440. The van der Waals surface area contributed by atoms with Crippen molar-refractivity contribution in [1.82, 2.24) is 24.5 Å². The molecule has 11 nitrogen and oxygen atoms in total. The van der Waals surface area contributed by atoms with Crippen LogP contribution in [0.1, 0.15) is 53.6 Å². The molecule has 2 N–H and O–H groups in total. The van der Waals surface area contributed by atoms with Gasteiger partial charge in [0.1, 0.15) is 41.2 Å². The van der Waals surface area contributed by atoms with E-state index in [4.69, 9.17) is 0 Å². The summed E-state index contributed by atoms with van der Waals surface area (Å²) < 4.78 is 1.76. The number of aliphatic hydroxyl groups is 1. The molecular weight excluding hydrogens is 408 g/mol. The van der Waals surface area contributed by atoms with Crippen LogP contribution in [0.4, 0.5) is 5.82 Å². The van der Waals surface area contributed by atoms with Gasteiger partial charge in [0.05, 0.1) is 5.56 Å². The lowest BCUT2D eigenvalue weighted by atomic mass is 10.1. The Morgan fingerprint density at radius 3 is 2.06 bits per heavy atom. The average molecular weight is 424 g/mol. The van der Waals surface area contributed by atoms with E-state index < -0.39 is 0 Å². The third-order valence-corrected chi connectivity index (χ3v) is 4.67. The summed E-state index contributed by atoms with van der Waals surface area (Å²) in [7, 11) is 0. The normalized spacial score (nSPS) is 10.8. The third kappa shape index (κ3) is 3.52. The Morgan fingerprint density at radius 2 is 1.50 bits per heavy atom. The fourth-order valence-electron chi connectivity index (χ4n) is 3.30. The third-order valence-electron chi connectivity index (χ3n) is 4.67. The second-order valence-corrected chi connectivity index (χ2v) is 6.46. The number of hydrogen-bond donors (Lipinski definition) is 2. The minimum Gasteiger partial charge on any atom is -0.507 e. The van der Waals surface area contributed by atoms with E-state index >= 15 is 0 Å². The van der Waals surface area contributed by atoms with E-state index in [1.807, 2.05) is 38.1 Å². The Balaban J connectivity index is 2.32. The van der Waals surface area contributed by atoms with Crippen molar-refractivity contribution in [3.05, 3.63) is 39.7 Å². The molecule has 0 aromatic carbocycles. The highest BCUT2D eigenvalue weighted by Gasteiger charge is 2.22. The molecule has 3 aromatic heterocycles. The lowest BCUT2D eigenvalue weighted by Crippen LogP contribution is -2.07. The van der Waals surface area contributed by atoms with Crippen molar-refractivity contribution in [3.8, 4) is 24.3 Å². The molecule has 3 aromatic rings. The smallest absolute Gasteiger partial charge is 0.179 e. The molecule has 156 valence electrons. The summed E-state index contributed by atoms with van der Waals surface area (Å²) in [5.74, 6) is -0.0216. The number of aliphatic hydroxyl groups excluding tert-OH is 1. The molecule has 3 heterocycles. The first kappa shape index (κ1) is 21.7. The summed E-state index contributed by atoms with van der Waals surface area (Å²) in [4.78, 5) is 16.8. The van der Waals surface area contributed by atoms with E-state index in [1.165, 1.54) is 6.08 Å². The van der Waals surface area contributed by atoms with Gasteiger partial charge < -0.3 is 15.0 Å². The first-order valence-corrected chi connectivity index (χ1v) is 9.52. The molecule has 32 heavy (non-hydrogen) atoms. The Labute approximate surface area is 183 Å². The lowest BCUT2D eigenvalue weighted by Gasteiger charge is -2.08. The summed E-state index contributed by atoms with van der Waals surface area (Å²) in [5, 5.41) is 51.1. The topological polar surface area (TPSA) is 184 Å². The van der Waals surface area contributed by atoms with Crippen LogP contribution in [-0.2, 0) is 6.54 Å². The second kappa shape index (κ2) is 8.79. The molecule has 11 heteroatoms. The molecule has 0 atom stereocenters. The largest absolute Gasteiger partial charge is 0.507 e. The van der Waals surface area contributed by atoms with Crippen LogP contribution in [0.15, 0.2) is 0 Å². The van der Waals surface area contributed by atoms with Gasteiger partial charge in [-0.25, -0.2) is 19.9 Å². The van der Waals surface area contributed by atoms with Crippen molar-refractivity contribution in [3.63, 3.8) is 0 Å². The molecule has 3 rings (SSSR count). The fraction of sp³-hybridized carbons (Fsp3) is 0.238. The van der Waals surface area contributed by atoms with Crippen LogP contribution in [0.5, 0.6) is 0 Å². The fourth-order valence-corrected chi connectivity index (χ4v) is 3.30. The molecule has 0 bridgehead atoms. The highest BCUT2D eigenvalue weighted by atomic mass is 16.3. The van der Waals surface area contributed by atoms with Crippen molar-refractivity contribution in [2.75, 3.05) is 11.9 Å². The van der Waals surface area contributed by atoms with Gasteiger partial charge in [-0.2, -0.15) is 21.0 Å². The molecule has 0 amide bonds. The summed E-state index contributed by atoms with van der Waals surface area (Å²) in [6.07, 6.45) is 1.31. The zero-order valence-corrected chi connectivity index (χ0v) is 17.5. The van der Waals surface area contributed by atoms with Crippen LogP contribution < -0.4 is 5.32 Å². The zero-order valence-electron chi connectivity index (χ0n) is 17.5. The predicted octanol–water partition coefficient (Wildman–Crippen LogP) is 2.52. The number of aromatic nitrogens is 5. The van der Waals surface area contributed by atoms with Crippen LogP contribution in [0.2, 0.25) is 0 Å². The van der Waals surface area contributed by atoms with Gasteiger partial charge in [0.2, 0.25) is 0 Å². The second-order valence-electron chi connectivity index (χ2n) is 6.46. The Morgan fingerprint density at radius 1 is 0.938 bits per heavy atom. The van der Waals surface area contributed by atoms with E-state index in [2.05, 4.69) is 25.3 Å². The molecule has 0 aliphatic rings. The number of nitrogens with one attached hydrogen (secondary N) is 1. The van der Waals surface area contributed by atoms with Gasteiger partial charge in [0.25, 0.3) is 0 Å². The van der Waals surface area contributed by atoms with E-state index in [-0.39, 0.29) is 45.6 Å². The summed E-state index contributed by atoms with van der Waals surface area (Å²) in [6, 6.07) is 7.36. The maximum atomic E-state index is 11.0. The van der Waals surface area contributed by atoms with Crippen LogP contribution in [0, 0.1) is 52.2 Å². The molecule has 0 fully saturated rings. The number of nitriles is 4. The molecule has 0 aliphatic heterocycles. The van der Waals surface area contributed by atoms with Crippen LogP contribution in [0.25, 0.3) is 23.0 Å². The van der Waals surface area contributed by atoms with Crippen LogP contribution >= 0.6 is 0 Å². The highest BCUT2D eigenvalue weighted by molar-refractivity contribution is 5.93. The zero-order chi connectivity index (χ0) is 23.4. The molecule has 0 radical (unpaired) electrons. The SMILES string of the molecule is CCNc1nc(C#N)c(C#N)nc1/C=C(\O)c1c(C)n(CC)c2nc(C#N)c(C#N)nc12. The predicted molar refractivity (Wildman–Crippen MR) is 113 cm³/mol. The molecule has 0 aliphatic carbocycles. The number of rotatable bonds is 5. The first-order chi connectivity index (χ1) is 15.4. The van der Waals surface area contributed by atoms with Crippen molar-refractivity contribution in [2.24, 2.45) is 0 Å². The van der Waals surface area contributed by atoms with Gasteiger partial charge in [-0.1, -0.05) is 0 Å². The van der Waals surface area contributed by atoms with E-state index in [1.54, 1.807) is 11.5 Å². The quantitative estimate of drug-likeness (QED) is 0.577. The van der Waals surface area contributed by atoms with E-state index in [9.17, 15) is 26.2 Å². The summed E-state index contributed by atoms with van der Waals surface area (Å²) in [5.41, 5.74) is 1.11. The van der Waals surface area contributed by atoms with Crippen molar-refractivity contribution in [2.45, 2.75) is 27.3 Å². The first-order valence-electron chi connectivity index (χ1n) is 9.52. The average Bonchev–Trinajstić information content (AvgIpc) is 3.08. The number of fused-ring (bicyclic) bond motifs is 1. The van der Waals surface area contributed by atoms with E-state index in [0.717, 1.165) is 0 Å². The van der Waals surface area contributed by atoms with Gasteiger partial charge in [-0.15, -0.1) is 0 Å². The van der Waals surface area contributed by atoms with Gasteiger partial charge in [0.15, 0.2) is 34.2 Å². The standard InChI is InChI=1S/C21H16N10O/c1-4-26-20-12(27-13(7-22)15(9-24)29-20)6-17(32)18-11(3)31(5-2)21-19(18)28-14(8-23)16(10-25)30-21/h6,32H,4-5H2,1-3H3,(H,26,29)/b17-6-. The summed E-state index contributed by atoms with van der Waals surface area (Å²) >= 11 is 0. The van der Waals surface area contributed by atoms with Gasteiger partial charge in [-0.05, 0) is 20.8 Å². The molecule has 0 unspecified atom stereocenters. The minimum absolute atomic E-state index is 0.103. The maximum Gasteiger partial charge on any atom is 0.179 e. The Hall–Kier alpha value is -5.00. The minimum atomic E-state index is -0.246. The Kier molecular flexibility index (Phi) is 5.96. The number of nitrogens with zero attached hydrogens (tertiary/aromatic N) is 9. The highest BCUT2D eigenvalue weighted by Crippen LogP contribution is 2.30. The van der Waals surface area contributed by atoms with Gasteiger partial charge in [0, 0.05) is 24.9 Å². The number of anilines is 1. The van der Waals surface area contributed by atoms with Crippen LogP contribution in [-0.4, -0.2) is 36.2 Å². The molecule has 0 spiro atoms. The van der Waals surface area contributed by atoms with Gasteiger partial charge >= 0.3 is 0 Å². The maximum absolute atomic E-state index is 11.0. The monoisotopic (exact) mass is 424 g/mol. The molecular formula is C21H16N10O. The summed E-state index contributed by atoms with van der Waals surface area (Å²) in [6.45, 7) is 6.40. The lowest BCUT2D eigenvalue weighted by molar-refractivity contribution is 0.514. The number of hydrogen-bond acceptors (Lipinski definition) is 10. The number of aryl methyl sites for hydroxylation is 1. The van der Waals surface area contributed by atoms with Crippen molar-refractivity contribution >= 4 is 28.8 Å². The molecule has 0 saturated carbocycles.